The summed E-state index contributed by atoms with van der Waals surface area (Å²) in [5, 5.41) is 9.28. The quantitative estimate of drug-likeness (QED) is 0.831. The zero-order valence-electron chi connectivity index (χ0n) is 11.6. The molecule has 120 valence electrons. The van der Waals surface area contributed by atoms with Gasteiger partial charge in [-0.25, -0.2) is 13.1 Å². The monoisotopic (exact) mass is 343 g/mol. The molecule has 1 aromatic rings. The molecule has 0 aliphatic carbocycles. The third-order valence-corrected chi connectivity index (χ3v) is 4.84. The van der Waals surface area contributed by atoms with E-state index in [0.29, 0.717) is 0 Å². The van der Waals surface area contributed by atoms with Gasteiger partial charge in [0, 0.05) is 0 Å². The molecule has 1 atom stereocenters. The summed E-state index contributed by atoms with van der Waals surface area (Å²) in [4.78, 5) is -0.220. The van der Waals surface area contributed by atoms with E-state index >= 15 is 0 Å². The lowest BCUT2D eigenvalue weighted by Crippen LogP contribution is -2.50. The van der Waals surface area contributed by atoms with E-state index in [2.05, 4.69) is 9.46 Å². The third-order valence-electron chi connectivity index (χ3n) is 2.87. The zero-order chi connectivity index (χ0) is 16.4. The van der Waals surface area contributed by atoms with Crippen LogP contribution in [-0.4, -0.2) is 31.8 Å². The number of rotatable bonds is 6. The largest absolute Gasteiger partial charge is 0.433 e. The van der Waals surface area contributed by atoms with E-state index < -0.39 is 28.3 Å². The van der Waals surface area contributed by atoms with Gasteiger partial charge in [-0.15, -0.1) is 0 Å². The van der Waals surface area contributed by atoms with Gasteiger partial charge in [-0.05, 0) is 39.0 Å². The highest BCUT2D eigenvalue weighted by Gasteiger charge is 2.30. The average molecular weight is 344 g/mol. The molecule has 1 aromatic carbocycles. The molecule has 0 saturated carbocycles. The molecule has 0 bridgehead atoms. The number of halogens is 3. The summed E-state index contributed by atoms with van der Waals surface area (Å²) >= 11 is 5.71. The van der Waals surface area contributed by atoms with Gasteiger partial charge in [0.25, 0.3) is 0 Å². The van der Waals surface area contributed by atoms with Gasteiger partial charge < -0.3 is 9.84 Å². The number of hydrogen-bond donors (Lipinski definition) is 2. The smallest absolute Gasteiger partial charge is 0.387 e. The SMILES string of the molecule is CC(O)C(C)(C)NS(=O)(=O)c1ccc(OC(F)F)c(Cl)c1. The Kier molecular flexibility index (Phi) is 5.54. The fraction of sp³-hybridized carbons (Fsp3) is 0.500. The molecule has 0 fully saturated rings. The van der Waals surface area contributed by atoms with Gasteiger partial charge in [0.15, 0.2) is 0 Å². The summed E-state index contributed by atoms with van der Waals surface area (Å²) in [6.07, 6.45) is -0.941. The molecular formula is C12H16ClF2NO4S. The Hall–Kier alpha value is -0.960. The minimum absolute atomic E-state index is 0.220. The number of aliphatic hydroxyl groups excluding tert-OH is 1. The Labute approximate surface area is 126 Å². The third kappa shape index (κ3) is 4.77. The second-order valence-corrected chi connectivity index (χ2v) is 7.06. The molecule has 9 heteroatoms. The molecule has 1 rings (SSSR count). The van der Waals surface area contributed by atoms with Crippen molar-refractivity contribution in [2.45, 2.75) is 43.9 Å². The van der Waals surface area contributed by atoms with E-state index in [9.17, 15) is 22.3 Å². The van der Waals surface area contributed by atoms with Crippen LogP contribution in [0.5, 0.6) is 5.75 Å². The van der Waals surface area contributed by atoms with Crippen LogP contribution in [0, 0.1) is 0 Å². The number of nitrogens with one attached hydrogen (secondary N) is 1. The van der Waals surface area contributed by atoms with E-state index in [4.69, 9.17) is 11.6 Å². The van der Waals surface area contributed by atoms with E-state index in [1.165, 1.54) is 20.8 Å². The topological polar surface area (TPSA) is 75.6 Å². The van der Waals surface area contributed by atoms with Gasteiger partial charge in [0.1, 0.15) is 5.75 Å². The number of ether oxygens (including phenoxy) is 1. The molecule has 5 nitrogen and oxygen atoms in total. The second kappa shape index (κ2) is 6.43. The predicted molar refractivity (Wildman–Crippen MR) is 74.2 cm³/mol. The molecular weight excluding hydrogens is 328 g/mol. The fourth-order valence-electron chi connectivity index (χ4n) is 1.33. The highest BCUT2D eigenvalue weighted by molar-refractivity contribution is 7.89. The van der Waals surface area contributed by atoms with Gasteiger partial charge >= 0.3 is 6.61 Å². The molecule has 1 unspecified atom stereocenters. The maximum Gasteiger partial charge on any atom is 0.387 e. The summed E-state index contributed by atoms with van der Waals surface area (Å²) < 4.78 is 55.0. The lowest BCUT2D eigenvalue weighted by atomic mass is 10.0. The fourth-order valence-corrected chi connectivity index (χ4v) is 3.12. The maximum atomic E-state index is 12.2. The Balaban J connectivity index is 3.08. The van der Waals surface area contributed by atoms with Crippen LogP contribution in [0.25, 0.3) is 0 Å². The normalized spacial score (nSPS) is 14.3. The standard InChI is InChI=1S/C12H16ClF2NO4S/c1-7(17)12(2,3)16-21(18,19)8-4-5-10(9(13)6-8)20-11(14)15/h4-7,11,16-17H,1-3H3. The first-order chi connectivity index (χ1) is 9.45. The summed E-state index contributed by atoms with van der Waals surface area (Å²) in [5.41, 5.74) is -1.11. The minimum atomic E-state index is -3.97. The van der Waals surface area contributed by atoms with Crippen molar-refractivity contribution in [1.29, 1.82) is 0 Å². The predicted octanol–water partition coefficient (Wildman–Crippen LogP) is 2.38. The summed E-state index contributed by atoms with van der Waals surface area (Å²) in [7, 11) is -3.97. The highest BCUT2D eigenvalue weighted by atomic mass is 35.5. The highest BCUT2D eigenvalue weighted by Crippen LogP contribution is 2.29. The van der Waals surface area contributed by atoms with Crippen molar-refractivity contribution in [3.05, 3.63) is 23.2 Å². The minimum Gasteiger partial charge on any atom is -0.433 e. The zero-order valence-corrected chi connectivity index (χ0v) is 13.2. The molecule has 2 N–H and O–H groups in total. The molecule has 0 amide bonds. The van der Waals surface area contributed by atoms with Crippen LogP contribution in [0.1, 0.15) is 20.8 Å². The van der Waals surface area contributed by atoms with Crippen LogP contribution >= 0.6 is 11.6 Å². The number of benzene rings is 1. The van der Waals surface area contributed by atoms with Gasteiger partial charge in [-0.3, -0.25) is 0 Å². The first kappa shape index (κ1) is 18.1. The lowest BCUT2D eigenvalue weighted by Gasteiger charge is -2.28. The first-order valence-electron chi connectivity index (χ1n) is 5.92. The van der Waals surface area contributed by atoms with Crippen molar-refractivity contribution in [2.24, 2.45) is 0 Å². The number of hydrogen-bond acceptors (Lipinski definition) is 4. The van der Waals surface area contributed by atoms with Gasteiger partial charge in [-0.2, -0.15) is 8.78 Å². The van der Waals surface area contributed by atoms with E-state index in [-0.39, 0.29) is 15.7 Å². The molecule has 0 saturated heterocycles. The molecule has 0 radical (unpaired) electrons. The van der Waals surface area contributed by atoms with E-state index in [1.807, 2.05) is 0 Å². The van der Waals surface area contributed by atoms with Gasteiger partial charge in [0.05, 0.1) is 21.6 Å². The van der Waals surface area contributed by atoms with Crippen molar-refractivity contribution < 1.29 is 27.0 Å². The van der Waals surface area contributed by atoms with Crippen LogP contribution in [0.3, 0.4) is 0 Å². The Morgan fingerprint density at radius 3 is 2.38 bits per heavy atom. The molecule has 0 spiro atoms. The van der Waals surface area contributed by atoms with Crippen molar-refractivity contribution >= 4 is 21.6 Å². The summed E-state index contributed by atoms with van der Waals surface area (Å²) in [6, 6.07) is 3.13. The maximum absolute atomic E-state index is 12.2. The Morgan fingerprint density at radius 2 is 1.95 bits per heavy atom. The molecule has 21 heavy (non-hydrogen) atoms. The van der Waals surface area contributed by atoms with Crippen molar-refractivity contribution in [2.75, 3.05) is 0 Å². The first-order valence-corrected chi connectivity index (χ1v) is 7.78. The van der Waals surface area contributed by atoms with Crippen molar-refractivity contribution in [3.63, 3.8) is 0 Å². The number of alkyl halides is 2. The lowest BCUT2D eigenvalue weighted by molar-refractivity contribution is -0.0498. The van der Waals surface area contributed by atoms with Crippen LogP contribution in [0.2, 0.25) is 5.02 Å². The average Bonchev–Trinajstić information content (AvgIpc) is 2.29. The Bertz CT molecular complexity index is 605. The summed E-state index contributed by atoms with van der Waals surface area (Å²) in [6.45, 7) is 1.39. The van der Waals surface area contributed by atoms with Crippen LogP contribution in [-0.2, 0) is 10.0 Å². The molecule has 0 heterocycles. The van der Waals surface area contributed by atoms with Gasteiger partial charge in [0.2, 0.25) is 10.0 Å². The number of sulfonamides is 1. The molecule has 0 aliphatic rings. The number of aliphatic hydroxyl groups is 1. The van der Waals surface area contributed by atoms with Crippen LogP contribution in [0.15, 0.2) is 23.1 Å². The second-order valence-electron chi connectivity index (χ2n) is 4.97. The molecule has 0 aromatic heterocycles. The van der Waals surface area contributed by atoms with Crippen molar-refractivity contribution in [3.8, 4) is 5.75 Å². The van der Waals surface area contributed by atoms with Crippen LogP contribution < -0.4 is 9.46 Å². The van der Waals surface area contributed by atoms with Gasteiger partial charge in [-0.1, -0.05) is 11.6 Å². The summed E-state index contributed by atoms with van der Waals surface area (Å²) in [5.74, 6) is -0.319. The van der Waals surface area contributed by atoms with Crippen LogP contribution in [0.4, 0.5) is 8.78 Å². The van der Waals surface area contributed by atoms with E-state index in [0.717, 1.165) is 18.2 Å². The Morgan fingerprint density at radius 1 is 1.38 bits per heavy atom. The van der Waals surface area contributed by atoms with E-state index in [1.54, 1.807) is 0 Å². The molecule has 0 aliphatic heterocycles. The van der Waals surface area contributed by atoms with Crippen molar-refractivity contribution in [1.82, 2.24) is 4.72 Å².